The van der Waals surface area contributed by atoms with Crippen LogP contribution in [-0.2, 0) is 5.54 Å². The number of likely N-dealkylation sites (tertiary alicyclic amines) is 1. The topological polar surface area (TPSA) is 49.6 Å². The Hall–Kier alpha value is -2.17. The van der Waals surface area contributed by atoms with Crippen molar-refractivity contribution in [2.24, 2.45) is 11.7 Å². The molecule has 0 spiro atoms. The minimum absolute atomic E-state index is 0.0787. The zero-order valence-electron chi connectivity index (χ0n) is 18.8. The number of piperidine rings is 1. The van der Waals surface area contributed by atoms with E-state index in [0.29, 0.717) is 19.0 Å². The Bertz CT molecular complexity index is 810. The second-order valence-electron chi connectivity index (χ2n) is 8.41. The van der Waals surface area contributed by atoms with Gasteiger partial charge >= 0.3 is 0 Å². The molecule has 2 aromatic rings. The molecule has 0 saturated carbocycles. The van der Waals surface area contributed by atoms with E-state index in [1.165, 1.54) is 6.42 Å². The molecule has 0 radical (unpaired) electrons. The number of amides is 1. The lowest BCUT2D eigenvalue weighted by molar-refractivity contribution is 0.0772. The minimum Gasteiger partial charge on any atom is -0.339 e. The van der Waals surface area contributed by atoms with Gasteiger partial charge in [-0.05, 0) is 81.9 Å². The highest BCUT2D eigenvalue weighted by atomic mass is 16.2. The summed E-state index contributed by atoms with van der Waals surface area (Å²) in [5, 5.41) is 0. The van der Waals surface area contributed by atoms with Crippen LogP contribution in [0.2, 0.25) is 0 Å². The fraction of sp³-hybridized carbons (Fsp3) is 0.500. The van der Waals surface area contributed by atoms with Crippen LogP contribution in [0.25, 0.3) is 0 Å². The molecule has 4 heteroatoms. The summed E-state index contributed by atoms with van der Waals surface area (Å²) in [5.41, 5.74) is 9.60. The first-order valence-corrected chi connectivity index (χ1v) is 11.5. The van der Waals surface area contributed by atoms with Crippen molar-refractivity contribution in [3.63, 3.8) is 0 Å². The summed E-state index contributed by atoms with van der Waals surface area (Å²) in [5.74, 6) is 0.418. The molecular weight excluding hydrogens is 370 g/mol. The SMILES string of the molecule is CCCN1CCC(C(N)(c2ccccc2)c2cccc(C(=O)N(CC)CC)c2)CC1. The molecule has 1 heterocycles. The van der Waals surface area contributed by atoms with Crippen molar-refractivity contribution in [1.82, 2.24) is 9.80 Å². The Labute approximate surface area is 182 Å². The summed E-state index contributed by atoms with van der Waals surface area (Å²) in [6.07, 6.45) is 3.33. The number of rotatable bonds is 8. The molecule has 2 aromatic carbocycles. The molecule has 1 saturated heterocycles. The minimum atomic E-state index is -0.598. The summed E-state index contributed by atoms with van der Waals surface area (Å²) in [7, 11) is 0. The van der Waals surface area contributed by atoms with Gasteiger partial charge in [-0.15, -0.1) is 0 Å². The van der Waals surface area contributed by atoms with Crippen molar-refractivity contribution >= 4 is 5.91 Å². The van der Waals surface area contributed by atoms with Crippen molar-refractivity contribution in [3.05, 3.63) is 71.3 Å². The molecule has 0 aliphatic carbocycles. The first-order valence-electron chi connectivity index (χ1n) is 11.5. The van der Waals surface area contributed by atoms with Gasteiger partial charge < -0.3 is 15.5 Å². The van der Waals surface area contributed by atoms with Crippen LogP contribution < -0.4 is 5.73 Å². The largest absolute Gasteiger partial charge is 0.339 e. The standard InChI is InChI=1S/C26H37N3O/c1-4-17-28-18-15-23(16-19-28)26(27,22-12-8-7-9-13-22)24-14-10-11-21(20-24)25(30)29(5-2)6-3/h7-14,20,23H,4-6,15-19,27H2,1-3H3. The molecule has 0 bridgehead atoms. The van der Waals surface area contributed by atoms with Gasteiger partial charge in [-0.1, -0.05) is 49.4 Å². The summed E-state index contributed by atoms with van der Waals surface area (Å²) >= 11 is 0. The van der Waals surface area contributed by atoms with Crippen LogP contribution in [0.1, 0.15) is 61.5 Å². The van der Waals surface area contributed by atoms with Crippen LogP contribution in [0.4, 0.5) is 0 Å². The summed E-state index contributed by atoms with van der Waals surface area (Å²) in [4.78, 5) is 17.4. The average molecular weight is 408 g/mol. The highest BCUT2D eigenvalue weighted by molar-refractivity contribution is 5.94. The van der Waals surface area contributed by atoms with Gasteiger partial charge in [0, 0.05) is 18.7 Å². The van der Waals surface area contributed by atoms with Crippen molar-refractivity contribution in [1.29, 1.82) is 0 Å². The third-order valence-corrected chi connectivity index (χ3v) is 6.66. The summed E-state index contributed by atoms with van der Waals surface area (Å²) < 4.78 is 0. The van der Waals surface area contributed by atoms with Gasteiger partial charge in [0.05, 0.1) is 5.54 Å². The van der Waals surface area contributed by atoms with Gasteiger partial charge in [0.25, 0.3) is 5.91 Å². The number of hydrogen-bond donors (Lipinski definition) is 1. The number of hydrogen-bond acceptors (Lipinski definition) is 3. The van der Waals surface area contributed by atoms with Crippen LogP contribution in [0.5, 0.6) is 0 Å². The van der Waals surface area contributed by atoms with E-state index in [-0.39, 0.29) is 5.91 Å². The van der Waals surface area contributed by atoms with E-state index >= 15 is 0 Å². The predicted octanol–water partition coefficient (Wildman–Crippen LogP) is 4.49. The van der Waals surface area contributed by atoms with E-state index in [0.717, 1.165) is 49.2 Å². The molecule has 4 nitrogen and oxygen atoms in total. The molecule has 2 N–H and O–H groups in total. The number of carbonyl (C=O) groups excluding carboxylic acids is 1. The van der Waals surface area contributed by atoms with Crippen molar-refractivity contribution in [3.8, 4) is 0 Å². The van der Waals surface area contributed by atoms with Crippen molar-refractivity contribution in [2.45, 2.75) is 45.6 Å². The second-order valence-corrected chi connectivity index (χ2v) is 8.41. The molecule has 1 amide bonds. The number of benzene rings is 2. The third kappa shape index (κ3) is 4.60. The maximum absolute atomic E-state index is 13.0. The molecule has 162 valence electrons. The zero-order valence-corrected chi connectivity index (χ0v) is 18.8. The van der Waals surface area contributed by atoms with Gasteiger partial charge in [-0.25, -0.2) is 0 Å². The highest BCUT2D eigenvalue weighted by Gasteiger charge is 2.40. The molecule has 30 heavy (non-hydrogen) atoms. The second kappa shape index (κ2) is 10.2. The smallest absolute Gasteiger partial charge is 0.253 e. The lowest BCUT2D eigenvalue weighted by atomic mass is 9.69. The molecule has 1 unspecified atom stereocenters. The molecule has 1 fully saturated rings. The average Bonchev–Trinajstić information content (AvgIpc) is 2.80. The van der Waals surface area contributed by atoms with Gasteiger partial charge in [0.1, 0.15) is 0 Å². The van der Waals surface area contributed by atoms with E-state index in [2.05, 4.69) is 42.2 Å². The Kier molecular flexibility index (Phi) is 7.68. The number of nitrogens with two attached hydrogens (primary N) is 1. The van der Waals surface area contributed by atoms with Gasteiger partial charge in [0.2, 0.25) is 0 Å². The first-order chi connectivity index (χ1) is 14.5. The van der Waals surface area contributed by atoms with Crippen molar-refractivity contribution in [2.75, 3.05) is 32.7 Å². The van der Waals surface area contributed by atoms with Gasteiger partial charge in [-0.2, -0.15) is 0 Å². The molecule has 1 aliphatic heterocycles. The van der Waals surface area contributed by atoms with Gasteiger partial charge in [0.15, 0.2) is 0 Å². The third-order valence-electron chi connectivity index (χ3n) is 6.66. The number of nitrogens with zero attached hydrogens (tertiary/aromatic N) is 2. The predicted molar refractivity (Wildman–Crippen MR) is 125 cm³/mol. The Morgan fingerprint density at radius 1 is 1.00 bits per heavy atom. The first kappa shape index (κ1) is 22.5. The maximum atomic E-state index is 13.0. The fourth-order valence-corrected chi connectivity index (χ4v) is 4.88. The monoisotopic (exact) mass is 407 g/mol. The molecular formula is C26H37N3O. The van der Waals surface area contributed by atoms with Crippen LogP contribution >= 0.6 is 0 Å². The highest BCUT2D eigenvalue weighted by Crippen LogP contribution is 2.40. The normalized spacial score (nSPS) is 17.5. The fourth-order valence-electron chi connectivity index (χ4n) is 4.88. The van der Waals surface area contributed by atoms with E-state index in [9.17, 15) is 4.79 Å². The molecule has 3 rings (SSSR count). The Morgan fingerprint density at radius 2 is 1.63 bits per heavy atom. The zero-order chi connectivity index (χ0) is 21.6. The molecule has 1 atom stereocenters. The van der Waals surface area contributed by atoms with Gasteiger partial charge in [-0.3, -0.25) is 4.79 Å². The molecule has 0 aromatic heterocycles. The van der Waals surface area contributed by atoms with Crippen LogP contribution in [0, 0.1) is 5.92 Å². The van der Waals surface area contributed by atoms with Crippen LogP contribution in [0.15, 0.2) is 54.6 Å². The Morgan fingerprint density at radius 3 is 2.23 bits per heavy atom. The summed E-state index contributed by atoms with van der Waals surface area (Å²) in [6, 6.07) is 18.5. The Balaban J connectivity index is 1.98. The van der Waals surface area contributed by atoms with Crippen molar-refractivity contribution < 1.29 is 4.79 Å². The van der Waals surface area contributed by atoms with Crippen LogP contribution in [-0.4, -0.2) is 48.4 Å². The molecule has 1 aliphatic rings. The lowest BCUT2D eigenvalue weighted by Gasteiger charge is -2.43. The van der Waals surface area contributed by atoms with E-state index in [1.54, 1.807) is 0 Å². The van der Waals surface area contributed by atoms with Crippen LogP contribution in [0.3, 0.4) is 0 Å². The lowest BCUT2D eigenvalue weighted by Crippen LogP contribution is -2.50. The van der Waals surface area contributed by atoms with E-state index in [1.807, 2.05) is 43.0 Å². The quantitative estimate of drug-likeness (QED) is 0.701. The van der Waals surface area contributed by atoms with E-state index < -0.39 is 5.54 Å². The maximum Gasteiger partial charge on any atom is 0.253 e. The summed E-state index contributed by atoms with van der Waals surface area (Å²) in [6.45, 7) is 11.0. The number of carbonyl (C=O) groups is 1. The van der Waals surface area contributed by atoms with E-state index in [4.69, 9.17) is 5.73 Å².